The van der Waals surface area contributed by atoms with Crippen LogP contribution in [0.25, 0.3) is 55.8 Å². The summed E-state index contributed by atoms with van der Waals surface area (Å²) in [6, 6.07) is 34.0. The van der Waals surface area contributed by atoms with E-state index in [0.29, 0.717) is 22.5 Å². The molecule has 10 rings (SSSR count). The van der Waals surface area contributed by atoms with Crippen molar-refractivity contribution in [2.75, 3.05) is 9.80 Å². The van der Waals surface area contributed by atoms with Gasteiger partial charge in [-0.25, -0.2) is 19.9 Å². The van der Waals surface area contributed by atoms with Gasteiger partial charge in [0.25, 0.3) is 0 Å². The van der Waals surface area contributed by atoms with Crippen LogP contribution in [0.2, 0.25) is 0 Å². The van der Waals surface area contributed by atoms with Crippen LogP contribution < -0.4 is 9.80 Å². The van der Waals surface area contributed by atoms with E-state index in [1.165, 1.54) is 48.5 Å². The van der Waals surface area contributed by atoms with Crippen LogP contribution in [0, 0.1) is 13.8 Å². The van der Waals surface area contributed by atoms with Gasteiger partial charge in [-0.15, -0.1) is 0 Å². The number of aromatic nitrogens is 4. The maximum atomic E-state index is 13.9. The Kier molecular flexibility index (Phi) is 11.4. The van der Waals surface area contributed by atoms with Crippen LogP contribution >= 0.6 is 0 Å². The molecule has 2 aromatic heterocycles. The highest BCUT2D eigenvalue weighted by Crippen LogP contribution is 2.54. The monoisotopic (exact) mass is 992 g/mol. The molecule has 7 aromatic carbocycles. The van der Waals surface area contributed by atoms with Gasteiger partial charge in [0.05, 0.1) is 44.7 Å². The van der Waals surface area contributed by atoms with Gasteiger partial charge in [0.2, 0.25) is 0 Å². The maximum Gasteiger partial charge on any atom is 0.416 e. The van der Waals surface area contributed by atoms with Crippen molar-refractivity contribution in [3.63, 3.8) is 0 Å². The zero-order valence-corrected chi connectivity index (χ0v) is 37.2. The molecule has 0 radical (unpaired) electrons. The second-order valence-corrected chi connectivity index (χ2v) is 17.0. The van der Waals surface area contributed by atoms with E-state index < -0.39 is 47.0 Å². The Morgan fingerprint density at radius 2 is 0.556 bits per heavy atom. The molecule has 1 aliphatic rings. The van der Waals surface area contributed by atoms with Crippen molar-refractivity contribution in [2.45, 2.75) is 38.6 Å². The number of benzene rings is 7. The molecule has 0 spiro atoms. The number of hydrogen-bond donors (Lipinski definition) is 0. The lowest BCUT2D eigenvalue weighted by Crippen LogP contribution is -2.28. The summed E-state index contributed by atoms with van der Waals surface area (Å²) in [5.74, 6) is 0.371. The largest absolute Gasteiger partial charge is 0.416 e. The minimum Gasteiger partial charge on any atom is -0.273 e. The Hall–Kier alpha value is -8.28. The molecule has 6 nitrogen and oxygen atoms in total. The topological polar surface area (TPSA) is 58.0 Å². The zero-order valence-electron chi connectivity index (χ0n) is 37.2. The maximum absolute atomic E-state index is 13.9. The van der Waals surface area contributed by atoms with Gasteiger partial charge in [-0.2, -0.15) is 52.7 Å². The van der Waals surface area contributed by atoms with Gasteiger partial charge in [0.1, 0.15) is 0 Å². The number of halogens is 12. The molecule has 0 saturated heterocycles. The minimum atomic E-state index is -4.71. The molecule has 1 aliphatic heterocycles. The van der Waals surface area contributed by atoms with Crippen LogP contribution in [-0.4, -0.2) is 19.9 Å². The fourth-order valence-electron chi connectivity index (χ4n) is 8.37. The molecule has 0 fully saturated rings. The molecule has 3 heterocycles. The number of anilines is 6. The lowest BCUT2D eigenvalue weighted by molar-refractivity contribution is -0.138. The van der Waals surface area contributed by atoms with Gasteiger partial charge in [0.15, 0.2) is 23.3 Å². The van der Waals surface area contributed by atoms with Crippen LogP contribution in [0.4, 0.5) is 87.3 Å². The summed E-state index contributed by atoms with van der Waals surface area (Å²) in [4.78, 5) is 23.8. The van der Waals surface area contributed by atoms with E-state index >= 15 is 0 Å². The molecule has 72 heavy (non-hydrogen) atoms. The molecule has 0 unspecified atom stereocenters. The summed E-state index contributed by atoms with van der Waals surface area (Å²) in [6.45, 7) is 3.70. The lowest BCUT2D eigenvalue weighted by atomic mass is 9.92. The van der Waals surface area contributed by atoms with Crippen LogP contribution in [0.15, 0.2) is 158 Å². The summed E-state index contributed by atoms with van der Waals surface area (Å²) in [5.41, 5.74) is 0.541. The number of alkyl halides is 12. The Bertz CT molecular complexity index is 3260. The second kappa shape index (κ2) is 17.2. The smallest absolute Gasteiger partial charge is 0.273 e. The summed E-state index contributed by atoms with van der Waals surface area (Å²) in [6.07, 6.45) is -18.8. The Labute approximate surface area is 401 Å². The molecule has 362 valence electrons. The van der Waals surface area contributed by atoms with Crippen LogP contribution in [-0.2, 0) is 24.7 Å². The van der Waals surface area contributed by atoms with Crippen LogP contribution in [0.5, 0.6) is 0 Å². The second-order valence-electron chi connectivity index (χ2n) is 17.0. The van der Waals surface area contributed by atoms with E-state index in [9.17, 15) is 52.7 Å². The molecule has 9 aromatic rings. The molecule has 0 bridgehead atoms. The number of hydrogen-bond acceptors (Lipinski definition) is 6. The van der Waals surface area contributed by atoms with Crippen molar-refractivity contribution in [2.24, 2.45) is 0 Å². The quantitative estimate of drug-likeness (QED) is 0.155. The highest BCUT2D eigenvalue weighted by Gasteiger charge is 2.39. The van der Waals surface area contributed by atoms with Crippen molar-refractivity contribution in [3.8, 4) is 44.8 Å². The first-order chi connectivity index (χ1) is 34.0. The van der Waals surface area contributed by atoms with E-state index in [0.717, 1.165) is 59.7 Å². The number of nitrogens with zero attached hydrogens (tertiary/aromatic N) is 6. The Morgan fingerprint density at radius 3 is 0.819 bits per heavy atom. The zero-order chi connectivity index (χ0) is 51.1. The average Bonchev–Trinajstić information content (AvgIpc) is 3.34. The van der Waals surface area contributed by atoms with Gasteiger partial charge < -0.3 is 0 Å². The fraction of sp³-hybridized carbons (Fsp3) is 0.111. The molecule has 0 amide bonds. The third-order valence-corrected chi connectivity index (χ3v) is 12.1. The number of fused-ring (bicyclic) bond motifs is 3. The van der Waals surface area contributed by atoms with E-state index in [1.54, 1.807) is 70.5 Å². The minimum absolute atomic E-state index is 0.00817. The molecule has 18 heteroatoms. The predicted molar refractivity (Wildman–Crippen MR) is 249 cm³/mol. The van der Waals surface area contributed by atoms with E-state index in [1.807, 2.05) is 13.8 Å². The van der Waals surface area contributed by atoms with Crippen molar-refractivity contribution < 1.29 is 52.7 Å². The molecular formula is C54H32F12N6. The first-order valence-electron chi connectivity index (χ1n) is 21.7. The van der Waals surface area contributed by atoms with E-state index in [4.69, 9.17) is 19.9 Å². The first kappa shape index (κ1) is 47.4. The average molecular weight is 993 g/mol. The molecule has 0 aliphatic carbocycles. The number of rotatable bonds is 6. The van der Waals surface area contributed by atoms with E-state index in [2.05, 4.69) is 0 Å². The van der Waals surface area contributed by atoms with Crippen molar-refractivity contribution in [1.29, 1.82) is 0 Å². The summed E-state index contributed by atoms with van der Waals surface area (Å²) in [7, 11) is 0. The Balaban J connectivity index is 1.28. The van der Waals surface area contributed by atoms with Gasteiger partial charge in [-0.3, -0.25) is 9.80 Å². The third kappa shape index (κ3) is 8.92. The third-order valence-electron chi connectivity index (χ3n) is 12.1. The van der Waals surface area contributed by atoms with Crippen LogP contribution in [0.3, 0.4) is 0 Å². The Morgan fingerprint density at radius 1 is 0.306 bits per heavy atom. The highest BCUT2D eigenvalue weighted by molar-refractivity contribution is 6.02. The van der Waals surface area contributed by atoms with Crippen molar-refractivity contribution >= 4 is 45.7 Å². The molecule has 0 N–H and O–H groups in total. The predicted octanol–water partition coefficient (Wildman–Crippen LogP) is 17.0. The van der Waals surface area contributed by atoms with Gasteiger partial charge in [-0.05, 0) is 121 Å². The SMILES string of the molecule is Cc1ccc(N2c3nc(-c4ccc(C(F)(F)F)cc4)c(-c4ccc(C(F)(F)F)cc4)nc3N(c3ccc(C)cc3)c3nc4cc(-c5ccc(C(F)(F)F)cc5)c(-c5ccc(C(F)(F)F)cc5)cc4nc32)cc1. The standard InChI is InChI=1S/C54H32F12N6/c1-29-3-23-39(24-4-29)71-47-48(68-44-28-42(32-9-17-36(18-10-32)52(58,59)60)41(27-43(44)67-47)31-7-15-35(16-8-31)51(55,56)57)72(40-25-5-30(2)6-26-40)50-49(71)69-45(33-11-19-37(20-12-33)53(61,62)63)46(70-50)34-13-21-38(22-14-34)54(64,65)66/h3-28H,1-2H3. The summed E-state index contributed by atoms with van der Waals surface area (Å²) < 4.78 is 166. The first-order valence-corrected chi connectivity index (χ1v) is 21.7. The van der Waals surface area contributed by atoms with E-state index in [-0.39, 0.29) is 67.9 Å². The normalized spacial score (nSPS) is 13.1. The molecule has 0 saturated carbocycles. The molecular weight excluding hydrogens is 961 g/mol. The van der Waals surface area contributed by atoms with Gasteiger partial charge in [-0.1, -0.05) is 83.9 Å². The lowest BCUT2D eigenvalue weighted by Gasteiger charge is -2.37. The summed E-state index contributed by atoms with van der Waals surface area (Å²) in [5, 5.41) is 0. The van der Waals surface area contributed by atoms with Gasteiger partial charge in [0, 0.05) is 22.5 Å². The molecule has 0 atom stereocenters. The van der Waals surface area contributed by atoms with Crippen molar-refractivity contribution in [1.82, 2.24) is 19.9 Å². The van der Waals surface area contributed by atoms with Crippen molar-refractivity contribution in [3.05, 3.63) is 191 Å². The van der Waals surface area contributed by atoms with Gasteiger partial charge >= 0.3 is 24.7 Å². The highest BCUT2D eigenvalue weighted by atomic mass is 19.4. The fourth-order valence-corrected chi connectivity index (χ4v) is 8.37. The number of aryl methyl sites for hydroxylation is 2. The summed E-state index contributed by atoms with van der Waals surface area (Å²) >= 11 is 0. The van der Waals surface area contributed by atoms with Crippen LogP contribution in [0.1, 0.15) is 33.4 Å².